The van der Waals surface area contributed by atoms with E-state index in [2.05, 4.69) is 25.7 Å². The van der Waals surface area contributed by atoms with Crippen molar-refractivity contribution in [3.05, 3.63) is 12.8 Å². The van der Waals surface area contributed by atoms with E-state index in [1.165, 1.54) is 6.20 Å². The molecule has 124 valence electrons. The highest BCUT2D eigenvalue weighted by Gasteiger charge is 2.23. The quantitative estimate of drug-likeness (QED) is 0.700. The van der Waals surface area contributed by atoms with E-state index in [1.54, 1.807) is 0 Å². The van der Waals surface area contributed by atoms with Crippen LogP contribution in [0.5, 0.6) is 0 Å². The summed E-state index contributed by atoms with van der Waals surface area (Å²) in [5, 5.41) is 2.30. The first-order valence-corrected chi connectivity index (χ1v) is 8.16. The van der Waals surface area contributed by atoms with E-state index in [0.717, 1.165) is 38.8 Å². The van der Waals surface area contributed by atoms with Gasteiger partial charge in [0.25, 0.3) is 5.91 Å². The molecular weight excluding hydrogens is 280 g/mol. The molecule has 0 atom stereocenters. The Bertz CT molecular complexity index is 410. The topological polar surface area (TPSA) is 66.5 Å². The molecule has 1 aliphatic heterocycles. The van der Waals surface area contributed by atoms with Gasteiger partial charge in [0.05, 0.1) is 0 Å². The van der Waals surface area contributed by atoms with Gasteiger partial charge in [-0.2, -0.15) is 0 Å². The number of likely N-dealkylation sites (tertiary alicyclic amines) is 1. The number of piperidine rings is 1. The van der Waals surface area contributed by atoms with Gasteiger partial charge in [0.1, 0.15) is 0 Å². The SMILES string of the molecule is C=CNC(=O)C(=O)CCCC1CCN(C(=O)CC(C)C)CC1. The standard InChI is InChI=1S/C17H28N2O3/c1-4-18-17(22)15(20)7-5-6-14-8-10-19(11-9-14)16(21)12-13(2)3/h4,13-14H,1,5-12H2,2-3H3,(H,18,22). The Morgan fingerprint density at radius 3 is 2.45 bits per heavy atom. The van der Waals surface area contributed by atoms with Crippen LogP contribution in [0.3, 0.4) is 0 Å². The number of hydrogen-bond acceptors (Lipinski definition) is 3. The summed E-state index contributed by atoms with van der Waals surface area (Å²) >= 11 is 0. The Hall–Kier alpha value is -1.65. The summed E-state index contributed by atoms with van der Waals surface area (Å²) in [4.78, 5) is 36.7. The molecule has 0 spiro atoms. The van der Waals surface area contributed by atoms with E-state index in [0.29, 0.717) is 18.3 Å². The van der Waals surface area contributed by atoms with E-state index in [4.69, 9.17) is 0 Å². The van der Waals surface area contributed by atoms with Crippen molar-refractivity contribution in [2.24, 2.45) is 11.8 Å². The summed E-state index contributed by atoms with van der Waals surface area (Å²) in [5.74, 6) is 0.245. The number of nitrogens with zero attached hydrogens (tertiary/aromatic N) is 1. The average Bonchev–Trinajstić information content (AvgIpc) is 2.47. The summed E-state index contributed by atoms with van der Waals surface area (Å²) in [6, 6.07) is 0. The summed E-state index contributed by atoms with van der Waals surface area (Å²) in [5.41, 5.74) is 0. The van der Waals surface area contributed by atoms with Gasteiger partial charge < -0.3 is 10.2 Å². The predicted octanol–water partition coefficient (Wildman–Crippen LogP) is 2.27. The van der Waals surface area contributed by atoms with E-state index < -0.39 is 5.91 Å². The van der Waals surface area contributed by atoms with Crippen molar-refractivity contribution in [3.8, 4) is 0 Å². The van der Waals surface area contributed by atoms with Gasteiger partial charge in [-0.15, -0.1) is 0 Å². The fourth-order valence-electron chi connectivity index (χ4n) is 2.79. The second kappa shape index (κ2) is 9.38. The molecule has 22 heavy (non-hydrogen) atoms. The van der Waals surface area contributed by atoms with Crippen LogP contribution in [-0.2, 0) is 14.4 Å². The van der Waals surface area contributed by atoms with Crippen molar-refractivity contribution in [1.82, 2.24) is 10.2 Å². The Labute approximate surface area is 133 Å². The van der Waals surface area contributed by atoms with Crippen molar-refractivity contribution in [1.29, 1.82) is 0 Å². The third-order valence-corrected chi connectivity index (χ3v) is 4.05. The number of amides is 2. The molecule has 1 aliphatic rings. The van der Waals surface area contributed by atoms with Crippen LogP contribution in [0, 0.1) is 11.8 Å². The number of carbonyl (C=O) groups excluding carboxylic acids is 3. The number of Topliss-reactive ketones (excluding diaryl/α,β-unsaturated/α-hetero) is 1. The van der Waals surface area contributed by atoms with Gasteiger partial charge in [0.15, 0.2) is 0 Å². The smallest absolute Gasteiger partial charge is 0.291 e. The first-order chi connectivity index (χ1) is 10.4. The van der Waals surface area contributed by atoms with Crippen LogP contribution >= 0.6 is 0 Å². The number of carbonyl (C=O) groups is 3. The Morgan fingerprint density at radius 2 is 1.91 bits per heavy atom. The van der Waals surface area contributed by atoms with Gasteiger partial charge >= 0.3 is 0 Å². The summed E-state index contributed by atoms with van der Waals surface area (Å²) < 4.78 is 0. The lowest BCUT2D eigenvalue weighted by Crippen LogP contribution is -2.38. The van der Waals surface area contributed by atoms with E-state index in [9.17, 15) is 14.4 Å². The normalized spacial score (nSPS) is 15.7. The summed E-state index contributed by atoms with van der Waals surface area (Å²) in [6.07, 6.45) is 5.80. The Kier molecular flexibility index (Phi) is 7.85. The van der Waals surface area contributed by atoms with Crippen molar-refractivity contribution in [2.45, 2.75) is 52.4 Å². The van der Waals surface area contributed by atoms with Crippen LogP contribution in [0.2, 0.25) is 0 Å². The second-order valence-corrected chi connectivity index (χ2v) is 6.42. The van der Waals surface area contributed by atoms with Crippen LogP contribution in [0.15, 0.2) is 12.8 Å². The van der Waals surface area contributed by atoms with Crippen LogP contribution in [0.25, 0.3) is 0 Å². The molecule has 0 bridgehead atoms. The van der Waals surface area contributed by atoms with Gasteiger partial charge in [-0.1, -0.05) is 20.4 Å². The summed E-state index contributed by atoms with van der Waals surface area (Å²) in [7, 11) is 0. The minimum Gasteiger partial charge on any atom is -0.343 e. The first-order valence-electron chi connectivity index (χ1n) is 8.16. The molecule has 0 aromatic rings. The molecule has 1 rings (SSSR count). The molecule has 0 aliphatic carbocycles. The first kappa shape index (κ1) is 18.4. The van der Waals surface area contributed by atoms with E-state index >= 15 is 0 Å². The largest absolute Gasteiger partial charge is 0.343 e. The highest BCUT2D eigenvalue weighted by molar-refractivity contribution is 6.36. The molecule has 0 radical (unpaired) electrons. The zero-order chi connectivity index (χ0) is 16.5. The fraction of sp³-hybridized carbons (Fsp3) is 0.706. The molecule has 1 heterocycles. The maximum atomic E-state index is 12.0. The minimum absolute atomic E-state index is 0.254. The van der Waals surface area contributed by atoms with Crippen LogP contribution < -0.4 is 5.32 Å². The second-order valence-electron chi connectivity index (χ2n) is 6.42. The Morgan fingerprint density at radius 1 is 1.27 bits per heavy atom. The number of nitrogens with one attached hydrogen (secondary N) is 1. The lowest BCUT2D eigenvalue weighted by atomic mass is 9.91. The zero-order valence-electron chi connectivity index (χ0n) is 13.8. The minimum atomic E-state index is -0.580. The lowest BCUT2D eigenvalue weighted by Gasteiger charge is -2.32. The van der Waals surface area contributed by atoms with E-state index in [1.807, 2.05) is 4.90 Å². The molecule has 0 aromatic carbocycles. The molecule has 2 amide bonds. The molecular formula is C17H28N2O3. The number of rotatable bonds is 8. The van der Waals surface area contributed by atoms with Crippen LogP contribution in [0.1, 0.15) is 52.4 Å². The van der Waals surface area contributed by atoms with Gasteiger partial charge in [0.2, 0.25) is 11.7 Å². The zero-order valence-corrected chi connectivity index (χ0v) is 13.8. The van der Waals surface area contributed by atoms with Crippen molar-refractivity contribution < 1.29 is 14.4 Å². The molecule has 0 unspecified atom stereocenters. The number of hydrogen-bond donors (Lipinski definition) is 1. The maximum absolute atomic E-state index is 12.0. The molecule has 0 aromatic heterocycles. The average molecular weight is 308 g/mol. The van der Waals surface area contributed by atoms with Gasteiger partial charge in [-0.3, -0.25) is 14.4 Å². The van der Waals surface area contributed by atoms with E-state index in [-0.39, 0.29) is 18.1 Å². The van der Waals surface area contributed by atoms with Crippen LogP contribution in [0.4, 0.5) is 0 Å². The molecule has 0 saturated carbocycles. The highest BCUT2D eigenvalue weighted by atomic mass is 16.2. The molecule has 5 nitrogen and oxygen atoms in total. The summed E-state index contributed by atoms with van der Waals surface area (Å²) in [6.45, 7) is 9.12. The molecule has 1 saturated heterocycles. The van der Waals surface area contributed by atoms with Crippen molar-refractivity contribution in [2.75, 3.05) is 13.1 Å². The maximum Gasteiger partial charge on any atom is 0.291 e. The monoisotopic (exact) mass is 308 g/mol. The fourth-order valence-corrected chi connectivity index (χ4v) is 2.79. The van der Waals surface area contributed by atoms with Crippen molar-refractivity contribution in [3.63, 3.8) is 0 Å². The predicted molar refractivity (Wildman–Crippen MR) is 86.0 cm³/mol. The van der Waals surface area contributed by atoms with Crippen LogP contribution in [-0.4, -0.2) is 35.6 Å². The van der Waals surface area contributed by atoms with Gasteiger partial charge in [0, 0.05) is 25.9 Å². The van der Waals surface area contributed by atoms with Crippen molar-refractivity contribution >= 4 is 17.6 Å². The lowest BCUT2D eigenvalue weighted by molar-refractivity contribution is -0.137. The molecule has 1 N–H and O–H groups in total. The third-order valence-electron chi connectivity index (χ3n) is 4.05. The highest BCUT2D eigenvalue weighted by Crippen LogP contribution is 2.23. The number of ketones is 1. The van der Waals surface area contributed by atoms with Gasteiger partial charge in [-0.25, -0.2) is 0 Å². The Balaban J connectivity index is 2.20. The molecule has 5 heteroatoms. The molecule has 1 fully saturated rings. The third kappa shape index (κ3) is 6.41. The van der Waals surface area contributed by atoms with Gasteiger partial charge in [-0.05, 0) is 43.7 Å².